The molecule has 2 aromatic rings. The van der Waals surface area contributed by atoms with E-state index < -0.39 is 0 Å². The molecule has 1 heterocycles. The van der Waals surface area contributed by atoms with Gasteiger partial charge in [0.2, 0.25) is 0 Å². The van der Waals surface area contributed by atoms with Crippen molar-refractivity contribution >= 4 is 17.2 Å². The SMILES string of the molecule is CCN(Cc1cccs1)C(=O)c1ccc(O)cc1O. The quantitative estimate of drug-likeness (QED) is 0.903. The largest absolute Gasteiger partial charge is 0.508 e. The van der Waals surface area contributed by atoms with Crippen LogP contribution in [0.5, 0.6) is 11.5 Å². The maximum atomic E-state index is 12.3. The second-order valence-electron chi connectivity index (χ2n) is 4.10. The van der Waals surface area contributed by atoms with Crippen LogP contribution in [0.4, 0.5) is 0 Å². The molecule has 1 amide bonds. The summed E-state index contributed by atoms with van der Waals surface area (Å²) in [6, 6.07) is 7.91. The van der Waals surface area contributed by atoms with Crippen molar-refractivity contribution in [3.05, 3.63) is 46.2 Å². The van der Waals surface area contributed by atoms with E-state index >= 15 is 0 Å². The minimum Gasteiger partial charge on any atom is -0.508 e. The molecule has 1 aromatic heterocycles. The molecule has 19 heavy (non-hydrogen) atoms. The van der Waals surface area contributed by atoms with Crippen molar-refractivity contribution in [3.63, 3.8) is 0 Å². The van der Waals surface area contributed by atoms with Crippen LogP contribution < -0.4 is 0 Å². The van der Waals surface area contributed by atoms with Crippen molar-refractivity contribution in [3.8, 4) is 11.5 Å². The molecule has 0 aliphatic carbocycles. The van der Waals surface area contributed by atoms with Gasteiger partial charge in [0.1, 0.15) is 11.5 Å². The number of thiophene rings is 1. The maximum Gasteiger partial charge on any atom is 0.257 e. The number of phenolic OH excluding ortho intramolecular Hbond substituents is 2. The molecular formula is C14H15NO3S. The van der Waals surface area contributed by atoms with Crippen molar-refractivity contribution in [2.75, 3.05) is 6.54 Å². The number of nitrogens with zero attached hydrogens (tertiary/aromatic N) is 1. The van der Waals surface area contributed by atoms with E-state index in [9.17, 15) is 15.0 Å². The Kier molecular flexibility index (Phi) is 4.06. The molecule has 1 aromatic carbocycles. The molecule has 0 aliphatic rings. The second kappa shape index (κ2) is 5.75. The van der Waals surface area contributed by atoms with Gasteiger partial charge in [0.25, 0.3) is 5.91 Å². The Morgan fingerprint density at radius 1 is 1.32 bits per heavy atom. The van der Waals surface area contributed by atoms with E-state index in [0.29, 0.717) is 13.1 Å². The smallest absolute Gasteiger partial charge is 0.257 e. The van der Waals surface area contributed by atoms with Gasteiger partial charge in [-0.2, -0.15) is 0 Å². The average molecular weight is 277 g/mol. The highest BCUT2D eigenvalue weighted by Crippen LogP contribution is 2.24. The molecule has 4 nitrogen and oxygen atoms in total. The second-order valence-corrected chi connectivity index (χ2v) is 5.13. The van der Waals surface area contributed by atoms with Gasteiger partial charge in [-0.05, 0) is 30.5 Å². The normalized spacial score (nSPS) is 10.4. The van der Waals surface area contributed by atoms with Crippen LogP contribution in [0.15, 0.2) is 35.7 Å². The predicted octanol–water partition coefficient (Wildman–Crippen LogP) is 2.82. The lowest BCUT2D eigenvalue weighted by atomic mass is 10.1. The van der Waals surface area contributed by atoms with Crippen LogP contribution >= 0.6 is 11.3 Å². The average Bonchev–Trinajstić information content (AvgIpc) is 2.88. The molecule has 0 spiro atoms. The fraction of sp³-hybridized carbons (Fsp3) is 0.214. The summed E-state index contributed by atoms with van der Waals surface area (Å²) in [6.07, 6.45) is 0. The number of aromatic hydroxyl groups is 2. The van der Waals surface area contributed by atoms with Gasteiger partial charge in [-0.3, -0.25) is 4.79 Å². The molecule has 0 unspecified atom stereocenters. The van der Waals surface area contributed by atoms with Crippen molar-refractivity contribution in [2.45, 2.75) is 13.5 Å². The van der Waals surface area contributed by atoms with E-state index in [0.717, 1.165) is 4.88 Å². The van der Waals surface area contributed by atoms with Crippen LogP contribution in [0.2, 0.25) is 0 Å². The molecule has 0 saturated carbocycles. The number of rotatable bonds is 4. The number of hydrogen-bond donors (Lipinski definition) is 2. The van der Waals surface area contributed by atoms with Gasteiger partial charge in [0.05, 0.1) is 12.1 Å². The Labute approximate surface area is 115 Å². The van der Waals surface area contributed by atoms with Crippen molar-refractivity contribution in [1.29, 1.82) is 0 Å². The van der Waals surface area contributed by atoms with E-state index in [2.05, 4.69) is 0 Å². The molecule has 0 atom stereocenters. The highest BCUT2D eigenvalue weighted by molar-refractivity contribution is 7.09. The van der Waals surface area contributed by atoms with Crippen molar-refractivity contribution in [2.24, 2.45) is 0 Å². The fourth-order valence-electron chi connectivity index (χ4n) is 1.79. The number of carbonyl (C=O) groups is 1. The molecule has 2 N–H and O–H groups in total. The van der Waals surface area contributed by atoms with Gasteiger partial charge >= 0.3 is 0 Å². The minimum atomic E-state index is -0.242. The van der Waals surface area contributed by atoms with E-state index in [-0.39, 0.29) is 23.0 Å². The van der Waals surface area contributed by atoms with Gasteiger partial charge in [0, 0.05) is 17.5 Å². The zero-order chi connectivity index (χ0) is 13.8. The van der Waals surface area contributed by atoms with E-state index in [1.807, 2.05) is 24.4 Å². The Bertz CT molecular complexity index is 566. The van der Waals surface area contributed by atoms with Crippen LogP contribution in [-0.4, -0.2) is 27.6 Å². The summed E-state index contributed by atoms with van der Waals surface area (Å²) in [6.45, 7) is 2.97. The first-order valence-electron chi connectivity index (χ1n) is 5.95. The lowest BCUT2D eigenvalue weighted by molar-refractivity contribution is 0.0751. The Morgan fingerprint density at radius 3 is 2.68 bits per heavy atom. The van der Waals surface area contributed by atoms with Crippen LogP contribution in [0.1, 0.15) is 22.2 Å². The standard InChI is InChI=1S/C14H15NO3S/c1-2-15(9-11-4-3-7-19-11)14(18)12-6-5-10(16)8-13(12)17/h3-8,16-17H,2,9H2,1H3. The predicted molar refractivity (Wildman–Crippen MR) is 74.5 cm³/mol. The third-order valence-corrected chi connectivity index (χ3v) is 3.67. The molecule has 0 bridgehead atoms. The Morgan fingerprint density at radius 2 is 2.11 bits per heavy atom. The Balaban J connectivity index is 2.20. The summed E-state index contributed by atoms with van der Waals surface area (Å²) >= 11 is 1.59. The summed E-state index contributed by atoms with van der Waals surface area (Å²) < 4.78 is 0. The summed E-state index contributed by atoms with van der Waals surface area (Å²) in [5, 5.41) is 20.9. The summed E-state index contributed by atoms with van der Waals surface area (Å²) in [5.74, 6) is -0.501. The lowest BCUT2D eigenvalue weighted by Gasteiger charge is -2.20. The lowest BCUT2D eigenvalue weighted by Crippen LogP contribution is -2.30. The van der Waals surface area contributed by atoms with Crippen molar-refractivity contribution < 1.29 is 15.0 Å². The fourth-order valence-corrected chi connectivity index (χ4v) is 2.51. The van der Waals surface area contributed by atoms with Crippen LogP contribution in [-0.2, 0) is 6.54 Å². The first kappa shape index (κ1) is 13.4. The van der Waals surface area contributed by atoms with E-state index in [1.165, 1.54) is 18.2 Å². The minimum absolute atomic E-state index is 0.0599. The molecule has 5 heteroatoms. The Hall–Kier alpha value is -2.01. The summed E-state index contributed by atoms with van der Waals surface area (Å²) in [4.78, 5) is 15.1. The van der Waals surface area contributed by atoms with Gasteiger partial charge in [0.15, 0.2) is 0 Å². The third kappa shape index (κ3) is 3.06. The van der Waals surface area contributed by atoms with Gasteiger partial charge in [-0.25, -0.2) is 0 Å². The number of hydrogen-bond acceptors (Lipinski definition) is 4. The first-order valence-corrected chi connectivity index (χ1v) is 6.83. The topological polar surface area (TPSA) is 60.8 Å². The molecule has 100 valence electrons. The molecule has 0 fully saturated rings. The van der Waals surface area contributed by atoms with Gasteiger partial charge in [-0.1, -0.05) is 6.07 Å². The van der Waals surface area contributed by atoms with Gasteiger partial charge in [-0.15, -0.1) is 11.3 Å². The van der Waals surface area contributed by atoms with E-state index in [4.69, 9.17) is 0 Å². The zero-order valence-corrected chi connectivity index (χ0v) is 11.4. The van der Waals surface area contributed by atoms with Crippen LogP contribution in [0, 0.1) is 0 Å². The summed E-state index contributed by atoms with van der Waals surface area (Å²) in [7, 11) is 0. The van der Waals surface area contributed by atoms with E-state index in [1.54, 1.807) is 16.2 Å². The number of phenols is 2. The number of amides is 1. The number of carbonyl (C=O) groups excluding carboxylic acids is 1. The highest BCUT2D eigenvalue weighted by atomic mass is 32.1. The number of benzene rings is 1. The molecule has 0 saturated heterocycles. The molecule has 2 rings (SSSR count). The summed E-state index contributed by atoms with van der Waals surface area (Å²) in [5.41, 5.74) is 0.205. The van der Waals surface area contributed by atoms with Crippen molar-refractivity contribution in [1.82, 2.24) is 4.90 Å². The molecule has 0 aliphatic heterocycles. The monoisotopic (exact) mass is 277 g/mol. The van der Waals surface area contributed by atoms with Gasteiger partial charge < -0.3 is 15.1 Å². The third-order valence-electron chi connectivity index (χ3n) is 2.81. The molecular weight excluding hydrogens is 262 g/mol. The maximum absolute atomic E-state index is 12.3. The van der Waals surface area contributed by atoms with Crippen LogP contribution in [0.3, 0.4) is 0 Å². The first-order chi connectivity index (χ1) is 9.11. The highest BCUT2D eigenvalue weighted by Gasteiger charge is 2.18. The molecule has 0 radical (unpaired) electrons. The zero-order valence-electron chi connectivity index (χ0n) is 10.5. The van der Waals surface area contributed by atoms with Crippen LogP contribution in [0.25, 0.3) is 0 Å².